The largest absolute Gasteiger partial charge is 0.491 e. The van der Waals surface area contributed by atoms with Crippen molar-refractivity contribution in [1.82, 2.24) is 15.5 Å². The summed E-state index contributed by atoms with van der Waals surface area (Å²) in [6.07, 6.45) is 5.11. The lowest BCUT2D eigenvalue weighted by Gasteiger charge is -2.27. The molecule has 1 aromatic carbocycles. The molecule has 3 rings (SSSR count). The maximum absolute atomic E-state index is 12.8. The van der Waals surface area contributed by atoms with Crippen LogP contribution in [0, 0.1) is 5.92 Å². The van der Waals surface area contributed by atoms with Crippen LogP contribution in [0.3, 0.4) is 0 Å². The first-order valence-corrected chi connectivity index (χ1v) is 12.2. The van der Waals surface area contributed by atoms with Crippen molar-refractivity contribution in [3.8, 4) is 5.75 Å². The minimum absolute atomic E-state index is 0.0548. The molecule has 34 heavy (non-hydrogen) atoms. The van der Waals surface area contributed by atoms with Crippen LogP contribution in [0.1, 0.15) is 56.9 Å². The van der Waals surface area contributed by atoms with Crippen LogP contribution in [0.25, 0.3) is 0 Å². The molecule has 0 aromatic heterocycles. The topological polar surface area (TPSA) is 125 Å². The van der Waals surface area contributed by atoms with Gasteiger partial charge < -0.3 is 30.2 Å². The number of carbonyl (C=O) groups excluding carboxylic acids is 3. The average Bonchev–Trinajstić information content (AvgIpc) is 3.03. The Balaban J connectivity index is 1.54. The molecule has 1 saturated carbocycles. The second-order valence-electron chi connectivity index (χ2n) is 8.95. The Morgan fingerprint density at radius 2 is 1.97 bits per heavy atom. The molecule has 0 bridgehead atoms. The number of benzene rings is 1. The van der Waals surface area contributed by atoms with Crippen LogP contribution in [0.2, 0.25) is 5.02 Å². The summed E-state index contributed by atoms with van der Waals surface area (Å²) in [6, 6.07) is 3.46. The Kier molecular flexibility index (Phi) is 9.56. The maximum atomic E-state index is 12.8. The van der Waals surface area contributed by atoms with E-state index >= 15 is 0 Å². The third-order valence-corrected chi connectivity index (χ3v) is 6.66. The summed E-state index contributed by atoms with van der Waals surface area (Å²) >= 11 is 6.07. The van der Waals surface area contributed by atoms with Crippen molar-refractivity contribution in [3.05, 3.63) is 28.8 Å². The molecule has 1 aliphatic carbocycles. The number of carboxylic acid groups (broad SMARTS) is 1. The summed E-state index contributed by atoms with van der Waals surface area (Å²) in [5.74, 6) is 0.256. The molecule has 0 radical (unpaired) electrons. The lowest BCUT2D eigenvalue weighted by Crippen LogP contribution is -2.50. The molecule has 2 atom stereocenters. The highest BCUT2D eigenvalue weighted by Gasteiger charge is 2.28. The average molecular weight is 494 g/mol. The molecule has 1 fully saturated rings. The quantitative estimate of drug-likeness (QED) is 0.454. The van der Waals surface area contributed by atoms with Gasteiger partial charge in [-0.2, -0.15) is 0 Å². The molecule has 186 valence electrons. The zero-order valence-electron chi connectivity index (χ0n) is 19.1. The van der Waals surface area contributed by atoms with E-state index in [-0.39, 0.29) is 24.7 Å². The Morgan fingerprint density at radius 3 is 2.68 bits per heavy atom. The lowest BCUT2D eigenvalue weighted by atomic mass is 9.84. The third-order valence-electron chi connectivity index (χ3n) is 6.42. The number of amides is 3. The van der Waals surface area contributed by atoms with Crippen LogP contribution in [-0.4, -0.2) is 59.4 Å². The van der Waals surface area contributed by atoms with Gasteiger partial charge in [0.25, 0.3) is 0 Å². The minimum Gasteiger partial charge on any atom is -0.491 e. The van der Waals surface area contributed by atoms with E-state index in [0.29, 0.717) is 43.2 Å². The number of hydrogen-bond donors (Lipinski definition) is 3. The van der Waals surface area contributed by atoms with Gasteiger partial charge in [-0.3, -0.25) is 9.59 Å². The van der Waals surface area contributed by atoms with Gasteiger partial charge >= 0.3 is 6.09 Å². The fourth-order valence-electron chi connectivity index (χ4n) is 4.61. The van der Waals surface area contributed by atoms with E-state index in [1.54, 1.807) is 23.1 Å². The van der Waals surface area contributed by atoms with Crippen molar-refractivity contribution in [3.63, 3.8) is 0 Å². The molecule has 3 N–H and O–H groups in total. The summed E-state index contributed by atoms with van der Waals surface area (Å²) in [4.78, 5) is 50.0. The number of aldehydes is 1. The van der Waals surface area contributed by atoms with Gasteiger partial charge in [0.05, 0.1) is 12.6 Å². The molecule has 9 nitrogen and oxygen atoms in total. The van der Waals surface area contributed by atoms with Crippen LogP contribution in [0.4, 0.5) is 4.79 Å². The van der Waals surface area contributed by atoms with Crippen molar-refractivity contribution in [2.75, 3.05) is 13.2 Å². The summed E-state index contributed by atoms with van der Waals surface area (Å²) in [5.41, 5.74) is 0.809. The van der Waals surface area contributed by atoms with E-state index in [0.717, 1.165) is 37.7 Å². The Morgan fingerprint density at radius 1 is 1.21 bits per heavy atom. The number of fused-ring (bicyclic) bond motifs is 1. The van der Waals surface area contributed by atoms with Crippen molar-refractivity contribution in [1.29, 1.82) is 0 Å². The first-order chi connectivity index (χ1) is 16.4. The zero-order chi connectivity index (χ0) is 24.5. The first kappa shape index (κ1) is 25.8. The number of ether oxygens (including phenoxy) is 1. The highest BCUT2D eigenvalue weighted by Crippen LogP contribution is 2.28. The number of hydrogen-bond acceptors (Lipinski definition) is 5. The van der Waals surface area contributed by atoms with E-state index in [1.165, 1.54) is 0 Å². The van der Waals surface area contributed by atoms with Gasteiger partial charge in [-0.05, 0) is 37.0 Å². The van der Waals surface area contributed by atoms with Gasteiger partial charge in [0.1, 0.15) is 24.7 Å². The number of halogens is 1. The second-order valence-corrected chi connectivity index (χ2v) is 9.38. The number of nitrogens with one attached hydrogen (secondary N) is 2. The monoisotopic (exact) mass is 493 g/mol. The summed E-state index contributed by atoms with van der Waals surface area (Å²) in [5, 5.41) is 14.6. The summed E-state index contributed by atoms with van der Waals surface area (Å²) in [7, 11) is 0. The fourth-order valence-corrected chi connectivity index (χ4v) is 4.80. The summed E-state index contributed by atoms with van der Waals surface area (Å²) in [6.45, 7) is 1.09. The van der Waals surface area contributed by atoms with Crippen LogP contribution in [0.15, 0.2) is 18.2 Å². The smallest absolute Gasteiger partial charge is 0.405 e. The van der Waals surface area contributed by atoms with Gasteiger partial charge in [0, 0.05) is 23.6 Å². The standard InChI is InChI=1S/C24H32ClN3O6/c25-18-6-8-21-17(13-18)14-28(10-11-34-21)22(30)9-7-19(15-29)26-23(31)20(27-24(32)33)12-16-4-2-1-3-5-16/h6,8,13,15-16,19-20,27H,1-5,7,9-12,14H2,(H,26,31)(H,32,33). The zero-order valence-corrected chi connectivity index (χ0v) is 19.9. The molecule has 1 aromatic rings. The molecule has 2 unspecified atom stereocenters. The van der Waals surface area contributed by atoms with E-state index in [2.05, 4.69) is 10.6 Å². The van der Waals surface area contributed by atoms with Gasteiger partial charge in [-0.15, -0.1) is 0 Å². The molecule has 2 aliphatic rings. The molecular weight excluding hydrogens is 462 g/mol. The van der Waals surface area contributed by atoms with E-state index in [1.807, 2.05) is 0 Å². The fraction of sp³-hybridized carbons (Fsp3) is 0.583. The minimum atomic E-state index is -1.28. The van der Waals surface area contributed by atoms with Crippen molar-refractivity contribution < 1.29 is 29.0 Å². The third kappa shape index (κ3) is 7.62. The first-order valence-electron chi connectivity index (χ1n) is 11.8. The lowest BCUT2D eigenvalue weighted by molar-refractivity contribution is -0.132. The van der Waals surface area contributed by atoms with Crippen molar-refractivity contribution in [2.45, 2.75) is 70.0 Å². The van der Waals surface area contributed by atoms with Gasteiger partial charge in [-0.25, -0.2) is 4.79 Å². The van der Waals surface area contributed by atoms with Crippen LogP contribution in [0.5, 0.6) is 5.75 Å². The van der Waals surface area contributed by atoms with E-state index < -0.39 is 24.1 Å². The van der Waals surface area contributed by atoms with Crippen molar-refractivity contribution >= 4 is 35.8 Å². The highest BCUT2D eigenvalue weighted by atomic mass is 35.5. The maximum Gasteiger partial charge on any atom is 0.405 e. The van der Waals surface area contributed by atoms with Crippen LogP contribution >= 0.6 is 11.6 Å². The molecule has 0 spiro atoms. The van der Waals surface area contributed by atoms with Crippen LogP contribution in [-0.2, 0) is 20.9 Å². The Hall–Kier alpha value is -2.81. The van der Waals surface area contributed by atoms with E-state index in [4.69, 9.17) is 21.4 Å². The Labute approximate surface area is 204 Å². The van der Waals surface area contributed by atoms with Gasteiger partial charge in [0.2, 0.25) is 11.8 Å². The highest BCUT2D eigenvalue weighted by molar-refractivity contribution is 6.30. The number of nitrogens with zero attached hydrogens (tertiary/aromatic N) is 1. The second kappa shape index (κ2) is 12.6. The van der Waals surface area contributed by atoms with E-state index in [9.17, 15) is 19.2 Å². The van der Waals surface area contributed by atoms with Gasteiger partial charge in [0.15, 0.2) is 0 Å². The molecule has 3 amide bonds. The number of rotatable bonds is 9. The SMILES string of the molecule is O=CC(CCC(=O)N1CCOc2ccc(Cl)cc2C1)NC(=O)C(CC1CCCCC1)NC(=O)O. The summed E-state index contributed by atoms with van der Waals surface area (Å²) < 4.78 is 5.68. The molecule has 10 heteroatoms. The normalized spacial score (nSPS) is 18.0. The predicted molar refractivity (Wildman–Crippen MR) is 126 cm³/mol. The Bertz CT molecular complexity index is 889. The van der Waals surface area contributed by atoms with Gasteiger partial charge in [-0.1, -0.05) is 43.7 Å². The molecular formula is C24H32ClN3O6. The molecule has 1 heterocycles. The molecule has 0 saturated heterocycles. The number of carbonyl (C=O) groups is 4. The van der Waals surface area contributed by atoms with Crippen LogP contribution < -0.4 is 15.4 Å². The van der Waals surface area contributed by atoms with Crippen molar-refractivity contribution in [2.24, 2.45) is 5.92 Å². The molecule has 1 aliphatic heterocycles. The predicted octanol–water partition coefficient (Wildman–Crippen LogP) is 3.13.